The van der Waals surface area contributed by atoms with Crippen LogP contribution in [-0.4, -0.2) is 13.4 Å². The van der Waals surface area contributed by atoms with Crippen molar-refractivity contribution >= 4 is 26.6 Å². The van der Waals surface area contributed by atoms with Gasteiger partial charge in [0, 0.05) is 10.9 Å². The monoisotopic (exact) mass is 374 g/mol. The van der Waals surface area contributed by atoms with Crippen LogP contribution in [0.15, 0.2) is 89.8 Å². The summed E-state index contributed by atoms with van der Waals surface area (Å²) in [7, 11) is -3.67. The highest BCUT2D eigenvalue weighted by atomic mass is 32.2. The van der Waals surface area contributed by atoms with E-state index in [1.807, 2.05) is 43.3 Å². The maximum Gasteiger partial charge on any atom is 0.261 e. The molecule has 0 spiro atoms. The maximum absolute atomic E-state index is 12.7. The van der Waals surface area contributed by atoms with Crippen LogP contribution in [0, 0.1) is 6.92 Å². The zero-order valence-corrected chi connectivity index (χ0v) is 15.6. The van der Waals surface area contributed by atoms with Gasteiger partial charge in [-0.15, -0.1) is 0 Å². The molecule has 1 N–H and O–H groups in total. The van der Waals surface area contributed by atoms with Crippen molar-refractivity contribution in [2.45, 2.75) is 11.8 Å². The minimum absolute atomic E-state index is 0.224. The highest BCUT2D eigenvalue weighted by Crippen LogP contribution is 2.29. The number of aromatic nitrogens is 1. The molecule has 1 aromatic heterocycles. The average Bonchev–Trinajstić information content (AvgIpc) is 2.68. The number of pyridine rings is 1. The van der Waals surface area contributed by atoms with E-state index in [4.69, 9.17) is 4.98 Å². The lowest BCUT2D eigenvalue weighted by Gasteiger charge is -2.13. The molecule has 0 saturated carbocycles. The van der Waals surface area contributed by atoms with Gasteiger partial charge in [0.25, 0.3) is 10.0 Å². The van der Waals surface area contributed by atoms with Crippen LogP contribution in [0.5, 0.6) is 0 Å². The van der Waals surface area contributed by atoms with Crippen LogP contribution in [0.25, 0.3) is 22.2 Å². The van der Waals surface area contributed by atoms with Crippen LogP contribution in [-0.2, 0) is 10.0 Å². The molecule has 1 heterocycles. The van der Waals surface area contributed by atoms with Gasteiger partial charge in [-0.3, -0.25) is 4.72 Å². The standard InChI is InChI=1S/C22H18N2O2S/c1-16-11-13-20-17(15-16)12-14-21(23-20)19-9-5-6-10-22(19)24-27(25,26)18-7-3-2-4-8-18/h2-15,24H,1H3. The summed E-state index contributed by atoms with van der Waals surface area (Å²) in [6.07, 6.45) is 0. The molecule has 5 heteroatoms. The molecule has 0 fully saturated rings. The van der Waals surface area contributed by atoms with Crippen molar-refractivity contribution in [2.75, 3.05) is 4.72 Å². The van der Waals surface area contributed by atoms with Crippen molar-refractivity contribution in [3.05, 3.63) is 90.5 Å². The predicted octanol–water partition coefficient (Wildman–Crippen LogP) is 5.01. The largest absolute Gasteiger partial charge is 0.279 e. The summed E-state index contributed by atoms with van der Waals surface area (Å²) in [5, 5.41) is 1.06. The van der Waals surface area contributed by atoms with E-state index in [-0.39, 0.29) is 4.90 Å². The Balaban J connectivity index is 1.77. The van der Waals surface area contributed by atoms with E-state index in [1.165, 1.54) is 5.56 Å². The first-order chi connectivity index (χ1) is 13.0. The first-order valence-corrected chi connectivity index (χ1v) is 10.1. The fourth-order valence-corrected chi connectivity index (χ4v) is 4.09. The van der Waals surface area contributed by atoms with E-state index in [1.54, 1.807) is 42.5 Å². The van der Waals surface area contributed by atoms with Crippen LogP contribution in [0.1, 0.15) is 5.56 Å². The predicted molar refractivity (Wildman–Crippen MR) is 109 cm³/mol. The van der Waals surface area contributed by atoms with Crippen LogP contribution in [0.2, 0.25) is 0 Å². The Labute approximate surface area is 158 Å². The van der Waals surface area contributed by atoms with Crippen LogP contribution in [0.4, 0.5) is 5.69 Å². The fourth-order valence-electron chi connectivity index (χ4n) is 2.99. The summed E-state index contributed by atoms with van der Waals surface area (Å²) in [5.74, 6) is 0. The zero-order valence-electron chi connectivity index (χ0n) is 14.8. The lowest BCUT2D eigenvalue weighted by Crippen LogP contribution is -2.13. The molecule has 4 aromatic rings. The zero-order chi connectivity index (χ0) is 18.9. The van der Waals surface area contributed by atoms with Gasteiger partial charge in [-0.25, -0.2) is 13.4 Å². The molecule has 0 unspecified atom stereocenters. The van der Waals surface area contributed by atoms with Crippen molar-refractivity contribution in [3.63, 3.8) is 0 Å². The third-order valence-corrected chi connectivity index (χ3v) is 5.73. The number of rotatable bonds is 4. The molecule has 0 aliphatic rings. The second-order valence-electron chi connectivity index (χ2n) is 6.36. The summed E-state index contributed by atoms with van der Waals surface area (Å²) in [5.41, 5.74) is 4.00. The molecule has 27 heavy (non-hydrogen) atoms. The van der Waals surface area contributed by atoms with E-state index < -0.39 is 10.0 Å². The third-order valence-electron chi connectivity index (χ3n) is 4.35. The van der Waals surface area contributed by atoms with Gasteiger partial charge >= 0.3 is 0 Å². The number of hydrogen-bond donors (Lipinski definition) is 1. The quantitative estimate of drug-likeness (QED) is 0.546. The highest BCUT2D eigenvalue weighted by Gasteiger charge is 2.16. The van der Waals surface area contributed by atoms with Crippen molar-refractivity contribution in [1.82, 2.24) is 4.98 Å². The van der Waals surface area contributed by atoms with Crippen molar-refractivity contribution in [2.24, 2.45) is 0 Å². The summed E-state index contributed by atoms with van der Waals surface area (Å²) < 4.78 is 28.1. The molecule has 0 amide bonds. The topological polar surface area (TPSA) is 59.1 Å². The maximum atomic E-state index is 12.7. The lowest BCUT2D eigenvalue weighted by molar-refractivity contribution is 0.601. The van der Waals surface area contributed by atoms with Crippen molar-refractivity contribution < 1.29 is 8.42 Å². The Morgan fingerprint density at radius 1 is 0.815 bits per heavy atom. The molecule has 0 atom stereocenters. The van der Waals surface area contributed by atoms with Crippen molar-refractivity contribution in [1.29, 1.82) is 0 Å². The summed E-state index contributed by atoms with van der Waals surface area (Å²) >= 11 is 0. The van der Waals surface area contributed by atoms with Gasteiger partial charge in [0.05, 0.1) is 21.8 Å². The minimum Gasteiger partial charge on any atom is -0.279 e. The van der Waals surface area contributed by atoms with E-state index in [2.05, 4.69) is 10.8 Å². The first-order valence-electron chi connectivity index (χ1n) is 8.58. The fraction of sp³-hybridized carbons (Fsp3) is 0.0455. The molecule has 0 saturated heterocycles. The van der Waals surface area contributed by atoms with Crippen molar-refractivity contribution in [3.8, 4) is 11.3 Å². The number of hydrogen-bond acceptors (Lipinski definition) is 3. The van der Waals surface area contributed by atoms with Gasteiger partial charge in [-0.05, 0) is 43.3 Å². The molecule has 134 valence electrons. The van der Waals surface area contributed by atoms with Gasteiger partial charge in [0.1, 0.15) is 0 Å². The Morgan fingerprint density at radius 2 is 1.56 bits per heavy atom. The van der Waals surface area contributed by atoms with Crippen LogP contribution >= 0.6 is 0 Å². The molecular weight excluding hydrogens is 356 g/mol. The molecular formula is C22H18N2O2S. The first kappa shape index (κ1) is 17.2. The molecule has 0 radical (unpaired) electrons. The molecule has 0 aliphatic carbocycles. The Morgan fingerprint density at radius 3 is 2.37 bits per heavy atom. The summed E-state index contributed by atoms with van der Waals surface area (Å²) in [6.45, 7) is 2.04. The van der Waals surface area contributed by atoms with Gasteiger partial charge < -0.3 is 0 Å². The van der Waals surface area contributed by atoms with Gasteiger partial charge in [-0.2, -0.15) is 0 Å². The minimum atomic E-state index is -3.67. The highest BCUT2D eigenvalue weighted by molar-refractivity contribution is 7.92. The number of benzene rings is 3. The number of nitrogens with one attached hydrogen (secondary N) is 1. The number of para-hydroxylation sites is 1. The Bertz CT molecular complexity index is 1220. The molecule has 0 bridgehead atoms. The van der Waals surface area contributed by atoms with E-state index in [0.29, 0.717) is 5.69 Å². The Hall–Kier alpha value is -3.18. The molecule has 4 rings (SSSR count). The Kier molecular flexibility index (Phi) is 4.38. The second-order valence-corrected chi connectivity index (χ2v) is 8.04. The van der Waals surface area contributed by atoms with E-state index in [0.717, 1.165) is 22.2 Å². The number of anilines is 1. The molecule has 4 nitrogen and oxygen atoms in total. The lowest BCUT2D eigenvalue weighted by atomic mass is 10.1. The smallest absolute Gasteiger partial charge is 0.261 e. The number of fused-ring (bicyclic) bond motifs is 1. The average molecular weight is 374 g/mol. The number of nitrogens with zero attached hydrogens (tertiary/aromatic N) is 1. The van der Waals surface area contributed by atoms with Gasteiger partial charge in [0.15, 0.2) is 0 Å². The number of aryl methyl sites for hydroxylation is 1. The SMILES string of the molecule is Cc1ccc2nc(-c3ccccc3NS(=O)(=O)c3ccccc3)ccc2c1. The van der Waals surface area contributed by atoms with Crippen LogP contribution in [0.3, 0.4) is 0 Å². The normalized spacial score (nSPS) is 11.4. The van der Waals surface area contributed by atoms with E-state index >= 15 is 0 Å². The second kappa shape index (κ2) is 6.85. The summed E-state index contributed by atoms with van der Waals surface area (Å²) in [4.78, 5) is 4.94. The molecule has 3 aromatic carbocycles. The van der Waals surface area contributed by atoms with Gasteiger partial charge in [-0.1, -0.05) is 54.1 Å². The molecule has 0 aliphatic heterocycles. The summed E-state index contributed by atoms with van der Waals surface area (Å²) in [6, 6.07) is 25.6. The third kappa shape index (κ3) is 3.55. The van der Waals surface area contributed by atoms with Gasteiger partial charge in [0.2, 0.25) is 0 Å². The number of sulfonamides is 1. The van der Waals surface area contributed by atoms with Crippen LogP contribution < -0.4 is 4.72 Å². The van der Waals surface area contributed by atoms with E-state index in [9.17, 15) is 8.42 Å².